The molecule has 0 spiro atoms. The second-order valence-electron chi connectivity index (χ2n) is 6.95. The topological polar surface area (TPSA) is 0 Å². The normalized spacial score (nSPS) is 57.9. The molecule has 0 aromatic heterocycles. The van der Waals surface area contributed by atoms with Crippen LogP contribution in [0.4, 0.5) is 0 Å². The quantitative estimate of drug-likeness (QED) is 0.513. The lowest BCUT2D eigenvalue weighted by Crippen LogP contribution is -2.40. The van der Waals surface area contributed by atoms with Gasteiger partial charge in [-0.25, -0.2) is 0 Å². The Kier molecular flexibility index (Phi) is 1.79. The molecule has 0 N–H and O–H groups in total. The van der Waals surface area contributed by atoms with Crippen molar-refractivity contribution in [1.29, 1.82) is 0 Å². The molecule has 2 saturated carbocycles. The molecule has 0 heteroatoms. The molecule has 0 bridgehead atoms. The van der Waals surface area contributed by atoms with Crippen molar-refractivity contribution in [3.8, 4) is 0 Å². The minimum absolute atomic E-state index is 0.554. The van der Waals surface area contributed by atoms with Crippen LogP contribution < -0.4 is 0 Å². The molecular formula is C15H24. The van der Waals surface area contributed by atoms with Crippen LogP contribution in [0, 0.1) is 28.6 Å². The van der Waals surface area contributed by atoms with Gasteiger partial charge in [0.2, 0.25) is 0 Å². The molecule has 0 aromatic rings. The predicted molar refractivity (Wildman–Crippen MR) is 64.6 cm³/mol. The van der Waals surface area contributed by atoms with Crippen LogP contribution in [-0.2, 0) is 0 Å². The molecular weight excluding hydrogens is 180 g/mol. The predicted octanol–water partition coefficient (Wildman–Crippen LogP) is 4.42. The largest absolute Gasteiger partial charge is 0.0788 e. The van der Waals surface area contributed by atoms with Gasteiger partial charge in [0, 0.05) is 0 Å². The Labute approximate surface area is 94.1 Å². The highest BCUT2D eigenvalue weighted by atomic mass is 14.6. The third kappa shape index (κ3) is 1.04. The van der Waals surface area contributed by atoms with Gasteiger partial charge in [0.25, 0.3) is 0 Å². The average molecular weight is 204 g/mol. The molecule has 3 aliphatic carbocycles. The van der Waals surface area contributed by atoms with Crippen molar-refractivity contribution < 1.29 is 0 Å². The third-order valence-corrected chi connectivity index (χ3v) is 6.14. The monoisotopic (exact) mass is 204 g/mol. The van der Waals surface area contributed by atoms with Gasteiger partial charge in [-0.2, -0.15) is 0 Å². The molecule has 0 aliphatic heterocycles. The molecule has 0 aromatic carbocycles. The van der Waals surface area contributed by atoms with E-state index in [9.17, 15) is 0 Å². The maximum Gasteiger partial charge on any atom is -0.00797 e. The van der Waals surface area contributed by atoms with Crippen molar-refractivity contribution >= 4 is 0 Å². The maximum atomic E-state index is 2.63. The lowest BCUT2D eigenvalue weighted by atomic mass is 9.57. The second-order valence-corrected chi connectivity index (χ2v) is 6.95. The Balaban J connectivity index is 2.09. The van der Waals surface area contributed by atoms with E-state index in [4.69, 9.17) is 0 Å². The SMILES string of the molecule is CC1=C[C@]2(C)CC[C@H]3[C@@H](C)CC[C@@]1(C)[C@@H]32. The number of rotatable bonds is 0. The van der Waals surface area contributed by atoms with E-state index < -0.39 is 0 Å². The van der Waals surface area contributed by atoms with E-state index in [0.29, 0.717) is 10.8 Å². The Hall–Kier alpha value is -0.260. The standard InChI is InChI=1S/C15H24/c1-10-5-8-15(4)11(2)9-14(3)7-6-12(10)13(14)15/h9-10,12-13H,5-8H2,1-4H3/t10-,12-,13-,14-,15+/m0/s1. The van der Waals surface area contributed by atoms with Gasteiger partial charge in [0.1, 0.15) is 0 Å². The molecule has 0 unspecified atom stereocenters. The molecule has 0 heterocycles. The van der Waals surface area contributed by atoms with E-state index in [1.54, 1.807) is 5.57 Å². The minimum Gasteiger partial charge on any atom is -0.0788 e. The van der Waals surface area contributed by atoms with E-state index in [2.05, 4.69) is 33.8 Å². The van der Waals surface area contributed by atoms with Crippen molar-refractivity contribution in [2.45, 2.75) is 53.4 Å². The molecule has 5 atom stereocenters. The summed E-state index contributed by atoms with van der Waals surface area (Å²) in [6.45, 7) is 9.93. The van der Waals surface area contributed by atoms with Gasteiger partial charge in [0.05, 0.1) is 0 Å². The molecule has 3 aliphatic rings. The first-order chi connectivity index (χ1) is 6.97. The van der Waals surface area contributed by atoms with Crippen molar-refractivity contribution in [2.75, 3.05) is 0 Å². The van der Waals surface area contributed by atoms with Gasteiger partial charge in [-0.1, -0.05) is 32.4 Å². The fraction of sp³-hybridized carbons (Fsp3) is 0.867. The van der Waals surface area contributed by atoms with Gasteiger partial charge in [-0.15, -0.1) is 0 Å². The first-order valence-corrected chi connectivity index (χ1v) is 6.67. The highest BCUT2D eigenvalue weighted by molar-refractivity contribution is 5.30. The van der Waals surface area contributed by atoms with Crippen molar-refractivity contribution in [2.24, 2.45) is 28.6 Å². The zero-order valence-electron chi connectivity index (χ0n) is 10.6. The summed E-state index contributed by atoms with van der Waals surface area (Å²) in [5, 5.41) is 0. The van der Waals surface area contributed by atoms with Crippen LogP contribution in [0.3, 0.4) is 0 Å². The van der Waals surface area contributed by atoms with E-state index in [1.165, 1.54) is 25.7 Å². The van der Waals surface area contributed by atoms with Crippen LogP contribution >= 0.6 is 0 Å². The summed E-state index contributed by atoms with van der Waals surface area (Å²) < 4.78 is 0. The van der Waals surface area contributed by atoms with Crippen LogP contribution in [0.1, 0.15) is 53.4 Å². The van der Waals surface area contributed by atoms with Crippen LogP contribution in [0.25, 0.3) is 0 Å². The van der Waals surface area contributed by atoms with Crippen molar-refractivity contribution in [3.63, 3.8) is 0 Å². The number of hydrogen-bond acceptors (Lipinski definition) is 0. The number of hydrogen-bond donors (Lipinski definition) is 0. The molecule has 0 radical (unpaired) electrons. The highest BCUT2D eigenvalue weighted by Crippen LogP contribution is 2.68. The first kappa shape index (κ1) is 9.93. The fourth-order valence-corrected chi connectivity index (χ4v) is 5.26. The summed E-state index contributed by atoms with van der Waals surface area (Å²) in [4.78, 5) is 0. The van der Waals surface area contributed by atoms with E-state index >= 15 is 0 Å². The summed E-state index contributed by atoms with van der Waals surface area (Å²) in [7, 11) is 0. The molecule has 2 fully saturated rings. The molecule has 84 valence electrons. The summed E-state index contributed by atoms with van der Waals surface area (Å²) in [5.74, 6) is 2.96. The number of allylic oxidation sites excluding steroid dienone is 2. The Morgan fingerprint density at radius 2 is 1.93 bits per heavy atom. The van der Waals surface area contributed by atoms with Gasteiger partial charge < -0.3 is 0 Å². The molecule has 15 heavy (non-hydrogen) atoms. The molecule has 0 saturated heterocycles. The van der Waals surface area contributed by atoms with Gasteiger partial charge in [-0.3, -0.25) is 0 Å². The van der Waals surface area contributed by atoms with Gasteiger partial charge >= 0.3 is 0 Å². The van der Waals surface area contributed by atoms with Crippen LogP contribution in [0.2, 0.25) is 0 Å². The van der Waals surface area contributed by atoms with E-state index in [1.807, 2.05) is 0 Å². The zero-order valence-corrected chi connectivity index (χ0v) is 10.6. The lowest BCUT2D eigenvalue weighted by Gasteiger charge is -2.47. The Morgan fingerprint density at radius 3 is 2.67 bits per heavy atom. The first-order valence-electron chi connectivity index (χ1n) is 6.67. The summed E-state index contributed by atoms with van der Waals surface area (Å²) in [5.41, 5.74) is 2.81. The minimum atomic E-state index is 0.554. The summed E-state index contributed by atoms with van der Waals surface area (Å²) >= 11 is 0. The molecule has 3 rings (SSSR count). The third-order valence-electron chi connectivity index (χ3n) is 6.14. The molecule has 0 nitrogen and oxygen atoms in total. The fourth-order valence-electron chi connectivity index (χ4n) is 5.26. The van der Waals surface area contributed by atoms with Crippen LogP contribution in [0.15, 0.2) is 11.6 Å². The van der Waals surface area contributed by atoms with E-state index in [0.717, 1.165) is 17.8 Å². The van der Waals surface area contributed by atoms with Crippen LogP contribution in [0.5, 0.6) is 0 Å². The highest BCUT2D eigenvalue weighted by Gasteiger charge is 2.60. The van der Waals surface area contributed by atoms with E-state index in [-0.39, 0.29) is 0 Å². The zero-order chi connectivity index (χ0) is 10.8. The average Bonchev–Trinajstić information content (AvgIpc) is 2.59. The van der Waals surface area contributed by atoms with Gasteiger partial charge in [0.15, 0.2) is 0 Å². The molecule has 0 amide bonds. The Bertz CT molecular complexity index is 327. The smallest absolute Gasteiger partial charge is 0.00797 e. The van der Waals surface area contributed by atoms with Crippen molar-refractivity contribution in [1.82, 2.24) is 0 Å². The summed E-state index contributed by atoms with van der Waals surface area (Å²) in [6, 6.07) is 0. The second kappa shape index (κ2) is 2.70. The Morgan fingerprint density at radius 1 is 1.20 bits per heavy atom. The van der Waals surface area contributed by atoms with Crippen molar-refractivity contribution in [3.05, 3.63) is 11.6 Å². The van der Waals surface area contributed by atoms with Gasteiger partial charge in [-0.05, 0) is 61.2 Å². The van der Waals surface area contributed by atoms with Crippen LogP contribution in [-0.4, -0.2) is 0 Å². The maximum absolute atomic E-state index is 2.63. The lowest BCUT2D eigenvalue weighted by molar-refractivity contribution is 0.0430. The summed E-state index contributed by atoms with van der Waals surface area (Å²) in [6.07, 6.45) is 8.46.